The Hall–Kier alpha value is -1.34. The number of nitrogens with one attached hydrogen (secondary N) is 1. The van der Waals surface area contributed by atoms with Gasteiger partial charge in [0.2, 0.25) is 0 Å². The molecule has 1 rings (SSSR count). The molecule has 0 aliphatic heterocycles. The third-order valence-electron chi connectivity index (χ3n) is 3.18. The number of carbonyl (C=O) groups is 2. The summed E-state index contributed by atoms with van der Waals surface area (Å²) in [6, 6.07) is -0.257. The van der Waals surface area contributed by atoms with Crippen molar-refractivity contribution in [3.8, 4) is 0 Å². The number of nitrogens with zero attached hydrogens (tertiary/aromatic N) is 1. The molecular formula is C13H24N2O5. The van der Waals surface area contributed by atoms with Gasteiger partial charge < -0.3 is 24.8 Å². The first-order chi connectivity index (χ1) is 9.52. The van der Waals surface area contributed by atoms with E-state index in [1.165, 1.54) is 24.9 Å². The molecule has 2 amide bonds. The van der Waals surface area contributed by atoms with Crippen LogP contribution >= 0.6 is 0 Å². The van der Waals surface area contributed by atoms with E-state index in [9.17, 15) is 9.59 Å². The lowest BCUT2D eigenvalue weighted by atomic mass is 10.2. The van der Waals surface area contributed by atoms with Gasteiger partial charge in [0.25, 0.3) is 0 Å². The van der Waals surface area contributed by atoms with E-state index in [2.05, 4.69) is 5.32 Å². The van der Waals surface area contributed by atoms with Gasteiger partial charge in [-0.2, -0.15) is 0 Å². The maximum Gasteiger partial charge on any atom is 0.317 e. The van der Waals surface area contributed by atoms with Crippen LogP contribution in [0, 0.1) is 5.92 Å². The summed E-state index contributed by atoms with van der Waals surface area (Å²) in [5.74, 6) is -0.236. The average Bonchev–Trinajstić information content (AvgIpc) is 3.22. The van der Waals surface area contributed by atoms with Crippen molar-refractivity contribution < 1.29 is 24.2 Å². The van der Waals surface area contributed by atoms with Gasteiger partial charge in [0, 0.05) is 33.9 Å². The largest absolute Gasteiger partial charge is 0.481 e. The van der Waals surface area contributed by atoms with Crippen LogP contribution < -0.4 is 5.32 Å². The van der Waals surface area contributed by atoms with Crippen molar-refractivity contribution in [3.63, 3.8) is 0 Å². The summed E-state index contributed by atoms with van der Waals surface area (Å²) in [4.78, 5) is 23.8. The summed E-state index contributed by atoms with van der Waals surface area (Å²) in [6.07, 6.45) is 1.85. The monoisotopic (exact) mass is 288 g/mol. The lowest BCUT2D eigenvalue weighted by Crippen LogP contribution is -2.43. The standard InChI is InChI=1S/C13H24N2O5/c1-15(5-6-20-9-10-3-4-10)13(18)14-8-11(19-2)7-12(16)17/h10-11H,3-9H2,1-2H3,(H,14,18)(H,16,17). The highest BCUT2D eigenvalue weighted by Crippen LogP contribution is 2.28. The number of methoxy groups -OCH3 is 1. The van der Waals surface area contributed by atoms with Crippen LogP contribution in [0.5, 0.6) is 0 Å². The van der Waals surface area contributed by atoms with Gasteiger partial charge in [0.05, 0.1) is 19.1 Å². The quantitative estimate of drug-likeness (QED) is 0.573. The number of hydrogen-bond donors (Lipinski definition) is 2. The molecule has 1 unspecified atom stereocenters. The molecule has 1 atom stereocenters. The van der Waals surface area contributed by atoms with Crippen LogP contribution in [0.4, 0.5) is 4.79 Å². The Balaban J connectivity index is 2.10. The second-order valence-corrected chi connectivity index (χ2v) is 5.08. The molecule has 0 aromatic heterocycles. The van der Waals surface area contributed by atoms with E-state index in [4.69, 9.17) is 14.6 Å². The maximum absolute atomic E-state index is 11.7. The summed E-state index contributed by atoms with van der Waals surface area (Å²) in [7, 11) is 3.10. The molecule has 1 aliphatic carbocycles. The smallest absolute Gasteiger partial charge is 0.317 e. The van der Waals surface area contributed by atoms with E-state index in [1.807, 2.05) is 0 Å². The van der Waals surface area contributed by atoms with Crippen LogP contribution in [0.15, 0.2) is 0 Å². The Labute approximate surface area is 119 Å². The fourth-order valence-corrected chi connectivity index (χ4v) is 1.61. The van der Waals surface area contributed by atoms with Gasteiger partial charge in [-0.1, -0.05) is 0 Å². The van der Waals surface area contributed by atoms with Crippen LogP contribution in [-0.4, -0.2) is 68.6 Å². The summed E-state index contributed by atoms with van der Waals surface area (Å²) in [5.41, 5.74) is 0. The molecule has 0 spiro atoms. The topological polar surface area (TPSA) is 88.1 Å². The summed E-state index contributed by atoms with van der Waals surface area (Å²) < 4.78 is 10.4. The lowest BCUT2D eigenvalue weighted by molar-refractivity contribution is -0.139. The van der Waals surface area contributed by atoms with Gasteiger partial charge in [-0.05, 0) is 18.8 Å². The summed E-state index contributed by atoms with van der Waals surface area (Å²) in [6.45, 7) is 1.98. The zero-order valence-electron chi connectivity index (χ0n) is 12.1. The van der Waals surface area contributed by atoms with Crippen molar-refractivity contribution in [2.45, 2.75) is 25.4 Å². The highest BCUT2D eigenvalue weighted by molar-refractivity contribution is 5.74. The Morgan fingerprint density at radius 1 is 1.45 bits per heavy atom. The fourth-order valence-electron chi connectivity index (χ4n) is 1.61. The molecule has 0 aromatic carbocycles. The summed E-state index contributed by atoms with van der Waals surface area (Å²) in [5, 5.41) is 11.3. The second kappa shape index (κ2) is 8.76. The second-order valence-electron chi connectivity index (χ2n) is 5.08. The van der Waals surface area contributed by atoms with E-state index in [0.29, 0.717) is 19.1 Å². The number of urea groups is 1. The molecule has 0 radical (unpaired) electrons. The van der Waals surface area contributed by atoms with Gasteiger partial charge in [-0.3, -0.25) is 4.79 Å². The molecule has 7 heteroatoms. The Kier molecular flexibility index (Phi) is 7.32. The molecule has 20 heavy (non-hydrogen) atoms. The van der Waals surface area contributed by atoms with Crippen LogP contribution in [-0.2, 0) is 14.3 Å². The van der Waals surface area contributed by atoms with E-state index >= 15 is 0 Å². The highest BCUT2D eigenvalue weighted by Gasteiger charge is 2.21. The molecule has 0 aromatic rings. The zero-order chi connectivity index (χ0) is 15.0. The molecule has 1 fully saturated rings. The van der Waals surface area contributed by atoms with Crippen molar-refractivity contribution in [3.05, 3.63) is 0 Å². The van der Waals surface area contributed by atoms with E-state index < -0.39 is 12.1 Å². The minimum Gasteiger partial charge on any atom is -0.481 e. The highest BCUT2D eigenvalue weighted by atomic mass is 16.5. The number of carbonyl (C=O) groups excluding carboxylic acids is 1. The lowest BCUT2D eigenvalue weighted by Gasteiger charge is -2.20. The number of carboxylic acids is 1. The third kappa shape index (κ3) is 7.30. The van der Waals surface area contributed by atoms with E-state index in [0.717, 1.165) is 6.61 Å². The number of amides is 2. The van der Waals surface area contributed by atoms with Crippen LogP contribution in [0.25, 0.3) is 0 Å². The molecule has 2 N–H and O–H groups in total. The number of ether oxygens (including phenoxy) is 2. The molecule has 1 aliphatic rings. The molecule has 0 bridgehead atoms. The van der Waals surface area contributed by atoms with Gasteiger partial charge in [-0.15, -0.1) is 0 Å². The molecule has 0 heterocycles. The van der Waals surface area contributed by atoms with Crippen LogP contribution in [0.3, 0.4) is 0 Å². The number of rotatable bonds is 10. The molecule has 7 nitrogen and oxygen atoms in total. The van der Waals surface area contributed by atoms with Crippen molar-refractivity contribution in [2.75, 3.05) is 40.5 Å². The zero-order valence-corrected chi connectivity index (χ0v) is 12.1. The molecule has 0 saturated heterocycles. The maximum atomic E-state index is 11.7. The first-order valence-electron chi connectivity index (χ1n) is 6.84. The normalized spacial score (nSPS) is 15.7. The van der Waals surface area contributed by atoms with Gasteiger partial charge >= 0.3 is 12.0 Å². The van der Waals surface area contributed by atoms with E-state index in [-0.39, 0.29) is 19.0 Å². The SMILES string of the molecule is COC(CNC(=O)N(C)CCOCC1CC1)CC(=O)O. The number of carboxylic acid groups (broad SMARTS) is 1. The first-order valence-corrected chi connectivity index (χ1v) is 6.84. The van der Waals surface area contributed by atoms with Gasteiger partial charge in [0.15, 0.2) is 0 Å². The van der Waals surface area contributed by atoms with Crippen molar-refractivity contribution in [1.82, 2.24) is 10.2 Å². The van der Waals surface area contributed by atoms with Gasteiger partial charge in [0.1, 0.15) is 0 Å². The Morgan fingerprint density at radius 3 is 2.70 bits per heavy atom. The minimum absolute atomic E-state index is 0.134. The number of aliphatic carboxylic acids is 1. The number of likely N-dealkylation sites (N-methyl/N-ethyl adjacent to an activating group) is 1. The van der Waals surface area contributed by atoms with Crippen molar-refractivity contribution in [1.29, 1.82) is 0 Å². The van der Waals surface area contributed by atoms with E-state index in [1.54, 1.807) is 7.05 Å². The molecule has 116 valence electrons. The fraction of sp³-hybridized carbons (Fsp3) is 0.846. The number of hydrogen-bond acceptors (Lipinski definition) is 4. The molecule has 1 saturated carbocycles. The molecular weight excluding hydrogens is 264 g/mol. The average molecular weight is 288 g/mol. The van der Waals surface area contributed by atoms with Gasteiger partial charge in [-0.25, -0.2) is 4.79 Å². The Morgan fingerprint density at radius 2 is 2.15 bits per heavy atom. The minimum atomic E-state index is -0.951. The predicted molar refractivity (Wildman–Crippen MR) is 72.6 cm³/mol. The first kappa shape index (κ1) is 16.7. The van der Waals surface area contributed by atoms with Crippen LogP contribution in [0.1, 0.15) is 19.3 Å². The van der Waals surface area contributed by atoms with Crippen molar-refractivity contribution in [2.24, 2.45) is 5.92 Å². The third-order valence-corrected chi connectivity index (χ3v) is 3.18. The van der Waals surface area contributed by atoms with Crippen molar-refractivity contribution >= 4 is 12.0 Å². The Bertz CT molecular complexity index is 320. The predicted octanol–water partition coefficient (Wildman–Crippen LogP) is 0.544. The van der Waals surface area contributed by atoms with Crippen LogP contribution in [0.2, 0.25) is 0 Å². The summed E-state index contributed by atoms with van der Waals surface area (Å²) >= 11 is 0.